The van der Waals surface area contributed by atoms with Gasteiger partial charge in [-0.05, 0) is 76.3 Å². The monoisotopic (exact) mass is 704 g/mol. The molecule has 0 aliphatic heterocycles. The van der Waals surface area contributed by atoms with Gasteiger partial charge in [0, 0.05) is 11.1 Å². The van der Waals surface area contributed by atoms with E-state index in [-0.39, 0.29) is 39.5 Å². The van der Waals surface area contributed by atoms with Gasteiger partial charge in [0.25, 0.3) is 11.2 Å². The quantitative estimate of drug-likeness (QED) is 0.188. The summed E-state index contributed by atoms with van der Waals surface area (Å²) in [5.74, 6) is 0. The summed E-state index contributed by atoms with van der Waals surface area (Å²) in [6, 6.07) is -0.704. The van der Waals surface area contributed by atoms with E-state index in [0.29, 0.717) is 0 Å². The van der Waals surface area contributed by atoms with Crippen molar-refractivity contribution in [3.8, 4) is 0 Å². The topological polar surface area (TPSA) is 58.9 Å². The van der Waals surface area contributed by atoms with Crippen LogP contribution >= 0.6 is 0 Å². The van der Waals surface area contributed by atoms with Gasteiger partial charge in [-0.1, -0.05) is 27.0 Å². The molecule has 2 N–H and O–H groups in total. The van der Waals surface area contributed by atoms with Crippen LogP contribution in [0.5, 0.6) is 0 Å². The zero-order chi connectivity index (χ0) is 32.9. The van der Waals surface area contributed by atoms with Crippen LogP contribution in [-0.2, 0) is 25.9 Å². The smallest absolute Gasteiger partial charge is 0.430 e. The fourth-order valence-electron chi connectivity index (χ4n) is 4.26. The number of hydrogen-bond acceptors (Lipinski definition) is 4. The molecule has 19 heteroatoms. The Morgan fingerprint density at radius 3 is 1.07 bits per heavy atom. The van der Waals surface area contributed by atoms with Gasteiger partial charge in [-0.15, -0.1) is 0 Å². The van der Waals surface area contributed by atoms with Crippen molar-refractivity contribution in [2.75, 3.05) is 0 Å². The third-order valence-corrected chi connectivity index (χ3v) is 15.2. The minimum absolute atomic E-state index is 0. The number of alkyl halides is 12. The van der Waals surface area contributed by atoms with E-state index >= 15 is 0 Å². The third kappa shape index (κ3) is 10.2. The summed E-state index contributed by atoms with van der Waals surface area (Å²) in [6.45, 7) is 12.6. The van der Waals surface area contributed by atoms with Crippen LogP contribution in [0.3, 0.4) is 0 Å². The molecule has 0 radical (unpaired) electrons. The lowest BCUT2D eigenvalue weighted by atomic mass is 9.83. The first-order valence-corrected chi connectivity index (χ1v) is 21.3. The Balaban J connectivity index is 0. The van der Waals surface area contributed by atoms with E-state index in [2.05, 4.69) is 0 Å². The predicted molar refractivity (Wildman–Crippen MR) is 146 cm³/mol. The first kappa shape index (κ1) is 44.0. The molecule has 0 atom stereocenters. The van der Waals surface area contributed by atoms with E-state index in [1.807, 2.05) is 39.3 Å². The normalized spacial score (nSPS) is 14.7. The Kier molecular flexibility index (Phi) is 13.6. The predicted octanol–water partition coefficient (Wildman–Crippen LogP) is 9.29. The molecule has 0 heterocycles. The zero-order valence-corrected chi connectivity index (χ0v) is 26.1. The minimum Gasteiger partial charge on any atom is -0.437 e. The molecule has 0 spiro atoms. The van der Waals surface area contributed by atoms with Crippen molar-refractivity contribution >= 4 is 25.2 Å². The van der Waals surface area contributed by atoms with Gasteiger partial charge in [0.2, 0.25) is 0 Å². The number of benzene rings is 1. The molecule has 0 aromatic heterocycles. The number of aryl methyl sites for hydroxylation is 1. The number of hydrogen-bond donors (Lipinski definition) is 2. The Hall–Kier alpha value is -1.13. The van der Waals surface area contributed by atoms with E-state index < -0.39 is 90.3 Å². The molecule has 0 saturated carbocycles. The van der Waals surface area contributed by atoms with E-state index in [0.717, 1.165) is 0 Å². The van der Waals surface area contributed by atoms with Gasteiger partial charge in [-0.2, -0.15) is 52.7 Å². The van der Waals surface area contributed by atoms with Crippen molar-refractivity contribution in [2.45, 2.75) is 115 Å². The second kappa shape index (κ2) is 13.3. The van der Waals surface area contributed by atoms with Crippen molar-refractivity contribution in [3.63, 3.8) is 0 Å². The van der Waals surface area contributed by atoms with E-state index in [1.165, 1.54) is 0 Å². The van der Waals surface area contributed by atoms with E-state index in [9.17, 15) is 62.9 Å². The number of halogens is 12. The van der Waals surface area contributed by atoms with Crippen LogP contribution in [0.15, 0.2) is 18.2 Å². The highest BCUT2D eigenvalue weighted by molar-refractivity contribution is 6.87. The molecule has 0 amide bonds. The maximum Gasteiger partial charge on any atom is 0.430 e. The Morgan fingerprint density at radius 2 is 0.837 bits per heavy atom. The minimum atomic E-state index is -6.61. The van der Waals surface area contributed by atoms with Crippen molar-refractivity contribution in [2.24, 2.45) is 0 Å². The second-order valence-electron chi connectivity index (χ2n) is 11.7. The summed E-state index contributed by atoms with van der Waals surface area (Å²) >= 11 is 0. The van der Waals surface area contributed by atoms with Crippen molar-refractivity contribution in [1.29, 1.82) is 0 Å². The van der Waals surface area contributed by atoms with Gasteiger partial charge in [0.1, 0.15) is 0 Å². The van der Waals surface area contributed by atoms with Gasteiger partial charge in [-0.25, -0.2) is 0 Å². The summed E-state index contributed by atoms with van der Waals surface area (Å²) in [5.41, 5.74) is -17.3. The molecule has 0 aliphatic carbocycles. The highest BCUT2D eigenvalue weighted by Crippen LogP contribution is 2.54. The molecule has 1 rings (SSSR count). The van der Waals surface area contributed by atoms with Crippen LogP contribution in [0.1, 0.15) is 38.0 Å². The first-order chi connectivity index (χ1) is 17.7. The fraction of sp³-hybridized carbons (Fsp3) is 0.750. The van der Waals surface area contributed by atoms with Crippen LogP contribution in [-0.4, -0.2) is 60.1 Å². The van der Waals surface area contributed by atoms with E-state index in [1.54, 1.807) is 6.55 Å². The van der Waals surface area contributed by atoms with Crippen molar-refractivity contribution < 1.29 is 71.1 Å². The molecule has 4 nitrogen and oxygen atoms in total. The molecule has 256 valence electrons. The molecular formula is C24H40F12O4Si3. The fourth-order valence-corrected chi connectivity index (χ4v) is 16.8. The second-order valence-corrected chi connectivity index (χ2v) is 24.6. The standard InChI is InChI=1S/C22H32F12O4Si3.2CH4/c1-39(2,3)37-41(7,38-40(4,5)6)10-8-9-14-11-15(17(35,19(23,24)25)20(26,27)28)13-16(12-14)18(36,21(29,30)31)22(32,33)34;;/h11-13,35-36H,8-10H2,1-7H3;2*1H4. The average Bonchev–Trinajstić information content (AvgIpc) is 2.65. The van der Waals surface area contributed by atoms with Crippen LogP contribution in [0.4, 0.5) is 52.7 Å². The SMILES string of the molecule is C.C.C[Si](C)(C)O[Si](C)(CCCc1cc(C(O)(C(F)(F)F)C(F)(F)F)cc(C(O)(C(F)(F)F)C(F)(F)F)c1)O[Si](C)(C)C. The Labute approximate surface area is 246 Å². The van der Waals surface area contributed by atoms with Gasteiger partial charge in [0.15, 0.2) is 16.6 Å². The van der Waals surface area contributed by atoms with Crippen LogP contribution in [0, 0.1) is 0 Å². The van der Waals surface area contributed by atoms with Crippen LogP contribution < -0.4 is 0 Å². The van der Waals surface area contributed by atoms with Crippen molar-refractivity contribution in [3.05, 3.63) is 34.9 Å². The molecule has 0 bridgehead atoms. The number of aliphatic hydroxyl groups is 2. The summed E-state index contributed by atoms with van der Waals surface area (Å²) in [4.78, 5) is 0. The lowest BCUT2D eigenvalue weighted by Crippen LogP contribution is -2.56. The summed E-state index contributed by atoms with van der Waals surface area (Å²) in [6.07, 6.45) is -27.3. The van der Waals surface area contributed by atoms with Gasteiger partial charge >= 0.3 is 33.3 Å². The molecule has 0 unspecified atom stereocenters. The summed E-state index contributed by atoms with van der Waals surface area (Å²) in [7, 11) is -7.65. The Morgan fingerprint density at radius 1 is 0.558 bits per heavy atom. The summed E-state index contributed by atoms with van der Waals surface area (Å²) in [5, 5.41) is 19.5. The van der Waals surface area contributed by atoms with Crippen LogP contribution in [0.25, 0.3) is 0 Å². The van der Waals surface area contributed by atoms with E-state index in [4.69, 9.17) is 8.23 Å². The molecule has 0 aliphatic rings. The van der Waals surface area contributed by atoms with Crippen LogP contribution in [0.2, 0.25) is 51.9 Å². The molecule has 0 saturated heterocycles. The third-order valence-electron chi connectivity index (χ3n) is 5.61. The Bertz CT molecular complexity index is 956. The molecule has 0 fully saturated rings. The maximum atomic E-state index is 13.5. The molecule has 43 heavy (non-hydrogen) atoms. The number of rotatable bonds is 10. The lowest BCUT2D eigenvalue weighted by molar-refractivity contribution is -0.378. The molecule has 1 aromatic carbocycles. The summed E-state index contributed by atoms with van der Waals surface area (Å²) < 4.78 is 175. The van der Waals surface area contributed by atoms with Gasteiger partial charge in [-0.3, -0.25) is 0 Å². The highest BCUT2D eigenvalue weighted by atomic mass is 28.5. The highest BCUT2D eigenvalue weighted by Gasteiger charge is 2.74. The van der Waals surface area contributed by atoms with Gasteiger partial charge in [0.05, 0.1) is 0 Å². The molecule has 1 aromatic rings. The maximum absolute atomic E-state index is 13.5. The van der Waals surface area contributed by atoms with Gasteiger partial charge < -0.3 is 18.4 Å². The first-order valence-electron chi connectivity index (χ1n) is 12.0. The molecular weight excluding hydrogens is 664 g/mol. The zero-order valence-electron chi connectivity index (χ0n) is 23.1. The average molecular weight is 705 g/mol. The largest absolute Gasteiger partial charge is 0.437 e. The van der Waals surface area contributed by atoms with Crippen molar-refractivity contribution in [1.82, 2.24) is 0 Å². The lowest BCUT2D eigenvalue weighted by Gasteiger charge is -2.38.